The van der Waals surface area contributed by atoms with Gasteiger partial charge in [-0.05, 0) is 49.9 Å². The van der Waals surface area contributed by atoms with Gasteiger partial charge in [0.1, 0.15) is 0 Å². The van der Waals surface area contributed by atoms with Crippen molar-refractivity contribution in [3.8, 4) is 0 Å². The van der Waals surface area contributed by atoms with Crippen LogP contribution in [-0.2, 0) is 4.74 Å². The molecule has 0 unspecified atom stereocenters. The van der Waals surface area contributed by atoms with Gasteiger partial charge in [-0.15, -0.1) is 0 Å². The minimum atomic E-state index is -0.144. The molecular weight excluding hydrogens is 318 g/mol. The van der Waals surface area contributed by atoms with Crippen LogP contribution in [0.5, 0.6) is 0 Å². The van der Waals surface area contributed by atoms with E-state index in [1.54, 1.807) is 29.2 Å². The number of nitrogens with one attached hydrogen (secondary N) is 2. The maximum absolute atomic E-state index is 12.4. The zero-order valence-corrected chi connectivity index (χ0v) is 15.4. The number of anilines is 1. The van der Waals surface area contributed by atoms with Crippen molar-refractivity contribution in [3.05, 3.63) is 29.8 Å². The quantitative estimate of drug-likeness (QED) is 0.796. The van der Waals surface area contributed by atoms with Crippen LogP contribution in [0.25, 0.3) is 0 Å². The zero-order valence-electron chi connectivity index (χ0n) is 15.4. The maximum atomic E-state index is 12.4. The number of carbonyl (C=O) groups is 2. The third-order valence-corrected chi connectivity index (χ3v) is 4.19. The highest BCUT2D eigenvalue weighted by atomic mass is 16.5. The summed E-state index contributed by atoms with van der Waals surface area (Å²) in [5, 5.41) is 5.76. The molecular formula is C19H29N3O3. The third-order valence-electron chi connectivity index (χ3n) is 4.19. The summed E-state index contributed by atoms with van der Waals surface area (Å²) >= 11 is 0. The zero-order chi connectivity index (χ0) is 18.2. The van der Waals surface area contributed by atoms with Crippen LogP contribution in [0, 0.1) is 5.92 Å². The number of nitrogens with zero attached hydrogens (tertiary/aromatic N) is 1. The van der Waals surface area contributed by atoms with E-state index in [1.165, 1.54) is 0 Å². The average molecular weight is 347 g/mol. The first kappa shape index (κ1) is 19.2. The summed E-state index contributed by atoms with van der Waals surface area (Å²) in [5.41, 5.74) is 1.27. The standard InChI is InChI=1S/C19H29N3O3/c1-4-22(13-17-6-5-11-25-17)19(24)21-16-9-7-15(8-10-16)18(23)20-12-14(2)3/h7-10,14,17H,4-6,11-13H2,1-3H3,(H,20,23)(H,21,24)/t17-/m0/s1. The summed E-state index contributed by atoms with van der Waals surface area (Å²) in [6, 6.07) is 6.81. The molecule has 0 radical (unpaired) electrons. The maximum Gasteiger partial charge on any atom is 0.321 e. The Bertz CT molecular complexity index is 566. The molecule has 0 aromatic heterocycles. The molecule has 1 aliphatic heterocycles. The molecule has 1 atom stereocenters. The van der Waals surface area contributed by atoms with Crippen molar-refractivity contribution in [2.24, 2.45) is 5.92 Å². The van der Waals surface area contributed by atoms with Crippen LogP contribution in [0.4, 0.5) is 10.5 Å². The van der Waals surface area contributed by atoms with E-state index in [0.29, 0.717) is 36.8 Å². The van der Waals surface area contributed by atoms with E-state index in [9.17, 15) is 9.59 Å². The molecule has 3 amide bonds. The highest BCUT2D eigenvalue weighted by molar-refractivity contribution is 5.95. The molecule has 6 nitrogen and oxygen atoms in total. The number of urea groups is 1. The van der Waals surface area contributed by atoms with Gasteiger partial charge < -0.3 is 20.3 Å². The van der Waals surface area contributed by atoms with Crippen molar-refractivity contribution >= 4 is 17.6 Å². The number of hydrogen-bond donors (Lipinski definition) is 2. The Morgan fingerprint density at radius 3 is 2.56 bits per heavy atom. The van der Waals surface area contributed by atoms with Gasteiger partial charge in [-0.3, -0.25) is 4.79 Å². The van der Waals surface area contributed by atoms with E-state index in [1.807, 2.05) is 6.92 Å². The van der Waals surface area contributed by atoms with Crippen LogP contribution >= 0.6 is 0 Å². The van der Waals surface area contributed by atoms with Crippen LogP contribution in [0.3, 0.4) is 0 Å². The molecule has 1 heterocycles. The number of ether oxygens (including phenoxy) is 1. The molecule has 0 bridgehead atoms. The Hall–Kier alpha value is -2.08. The van der Waals surface area contributed by atoms with Gasteiger partial charge in [0.25, 0.3) is 5.91 Å². The lowest BCUT2D eigenvalue weighted by Crippen LogP contribution is -2.39. The van der Waals surface area contributed by atoms with E-state index in [-0.39, 0.29) is 18.0 Å². The smallest absolute Gasteiger partial charge is 0.321 e. The van der Waals surface area contributed by atoms with Crippen LogP contribution in [0.1, 0.15) is 44.0 Å². The average Bonchev–Trinajstić information content (AvgIpc) is 3.11. The lowest BCUT2D eigenvalue weighted by atomic mass is 10.1. The fraction of sp³-hybridized carbons (Fsp3) is 0.579. The first-order valence-corrected chi connectivity index (χ1v) is 9.05. The number of hydrogen-bond acceptors (Lipinski definition) is 3. The summed E-state index contributed by atoms with van der Waals surface area (Å²) < 4.78 is 5.60. The Balaban J connectivity index is 1.88. The largest absolute Gasteiger partial charge is 0.376 e. The third kappa shape index (κ3) is 6.05. The van der Waals surface area contributed by atoms with Gasteiger partial charge >= 0.3 is 6.03 Å². The van der Waals surface area contributed by atoms with Gasteiger partial charge in [-0.25, -0.2) is 4.79 Å². The monoisotopic (exact) mass is 347 g/mol. The van der Waals surface area contributed by atoms with Crippen molar-refractivity contribution in [2.75, 3.05) is 31.6 Å². The highest BCUT2D eigenvalue weighted by Gasteiger charge is 2.21. The van der Waals surface area contributed by atoms with Gasteiger partial charge in [0.2, 0.25) is 0 Å². The molecule has 1 saturated heterocycles. The number of carbonyl (C=O) groups excluding carboxylic acids is 2. The first-order valence-electron chi connectivity index (χ1n) is 9.05. The molecule has 25 heavy (non-hydrogen) atoms. The predicted molar refractivity (Wildman–Crippen MR) is 98.9 cm³/mol. The van der Waals surface area contributed by atoms with Gasteiger partial charge in [0, 0.05) is 37.5 Å². The predicted octanol–water partition coefficient (Wildman–Crippen LogP) is 3.11. The second-order valence-corrected chi connectivity index (χ2v) is 6.79. The van der Waals surface area contributed by atoms with Crippen molar-refractivity contribution in [1.82, 2.24) is 10.2 Å². The molecule has 0 aliphatic carbocycles. The topological polar surface area (TPSA) is 70.7 Å². The van der Waals surface area contributed by atoms with E-state index in [2.05, 4.69) is 24.5 Å². The summed E-state index contributed by atoms with van der Waals surface area (Å²) in [4.78, 5) is 26.2. The van der Waals surface area contributed by atoms with Gasteiger partial charge in [-0.2, -0.15) is 0 Å². The summed E-state index contributed by atoms with van der Waals surface area (Å²) in [6.45, 7) is 8.72. The van der Waals surface area contributed by atoms with Crippen LogP contribution in [-0.4, -0.2) is 49.2 Å². The fourth-order valence-corrected chi connectivity index (χ4v) is 2.70. The van der Waals surface area contributed by atoms with E-state index < -0.39 is 0 Å². The van der Waals surface area contributed by atoms with Crippen molar-refractivity contribution in [3.63, 3.8) is 0 Å². The SMILES string of the molecule is CCN(C[C@@H]1CCCO1)C(=O)Nc1ccc(C(=O)NCC(C)C)cc1. The van der Waals surface area contributed by atoms with E-state index in [4.69, 9.17) is 4.74 Å². The molecule has 6 heteroatoms. The molecule has 1 aromatic rings. The second-order valence-electron chi connectivity index (χ2n) is 6.79. The van der Waals surface area contributed by atoms with E-state index >= 15 is 0 Å². The minimum Gasteiger partial charge on any atom is -0.376 e. The number of rotatable bonds is 7. The first-order chi connectivity index (χ1) is 12.0. The molecule has 1 fully saturated rings. The molecule has 2 N–H and O–H groups in total. The Morgan fingerprint density at radius 1 is 1.28 bits per heavy atom. The number of benzene rings is 1. The molecule has 0 spiro atoms. The van der Waals surface area contributed by atoms with Gasteiger partial charge in [0.15, 0.2) is 0 Å². The van der Waals surface area contributed by atoms with Gasteiger partial charge in [0.05, 0.1) is 6.10 Å². The Morgan fingerprint density at radius 2 is 2.00 bits per heavy atom. The summed E-state index contributed by atoms with van der Waals surface area (Å²) in [5.74, 6) is 0.312. The molecule has 0 saturated carbocycles. The second kappa shape index (κ2) is 9.42. The minimum absolute atomic E-state index is 0.0971. The normalized spacial score (nSPS) is 16.7. The Labute approximate surface area is 149 Å². The van der Waals surface area contributed by atoms with E-state index in [0.717, 1.165) is 19.4 Å². The van der Waals surface area contributed by atoms with Crippen LogP contribution < -0.4 is 10.6 Å². The lowest BCUT2D eigenvalue weighted by molar-refractivity contribution is 0.0849. The number of amides is 3. The Kier molecular flexibility index (Phi) is 7.25. The number of likely N-dealkylation sites (N-methyl/N-ethyl adjacent to an activating group) is 1. The fourth-order valence-electron chi connectivity index (χ4n) is 2.70. The van der Waals surface area contributed by atoms with Crippen molar-refractivity contribution in [2.45, 2.75) is 39.7 Å². The van der Waals surface area contributed by atoms with Gasteiger partial charge in [-0.1, -0.05) is 13.8 Å². The molecule has 1 aliphatic rings. The molecule has 2 rings (SSSR count). The molecule has 138 valence electrons. The molecule has 1 aromatic carbocycles. The summed E-state index contributed by atoms with van der Waals surface area (Å²) in [7, 11) is 0. The lowest BCUT2D eigenvalue weighted by Gasteiger charge is -2.24. The van der Waals surface area contributed by atoms with Crippen LogP contribution in [0.2, 0.25) is 0 Å². The summed E-state index contributed by atoms with van der Waals surface area (Å²) in [6.07, 6.45) is 2.20. The van der Waals surface area contributed by atoms with Crippen LogP contribution in [0.15, 0.2) is 24.3 Å². The highest BCUT2D eigenvalue weighted by Crippen LogP contribution is 2.15. The van der Waals surface area contributed by atoms with Crippen molar-refractivity contribution < 1.29 is 14.3 Å². The van der Waals surface area contributed by atoms with Crippen molar-refractivity contribution in [1.29, 1.82) is 0 Å².